The standard InChI is InChI=1S/C8H11NO2S/c1-3-7(4-9)8(11)5-12-6(2)10/h7H,3,5H2,1-2H3. The van der Waals surface area contributed by atoms with Gasteiger partial charge in [-0.05, 0) is 6.42 Å². The summed E-state index contributed by atoms with van der Waals surface area (Å²) in [6.45, 7) is 3.19. The van der Waals surface area contributed by atoms with Crippen LogP contribution in [0.5, 0.6) is 0 Å². The number of Topliss-reactive ketones (excluding diaryl/α,β-unsaturated/α-hetero) is 1. The highest BCUT2D eigenvalue weighted by Gasteiger charge is 2.15. The van der Waals surface area contributed by atoms with Crippen molar-refractivity contribution >= 4 is 22.7 Å². The van der Waals surface area contributed by atoms with Crippen LogP contribution >= 0.6 is 11.8 Å². The van der Waals surface area contributed by atoms with E-state index in [0.29, 0.717) is 6.42 Å². The Hall–Kier alpha value is -0.820. The van der Waals surface area contributed by atoms with E-state index in [1.54, 1.807) is 6.92 Å². The zero-order valence-electron chi connectivity index (χ0n) is 7.16. The van der Waals surface area contributed by atoms with E-state index < -0.39 is 5.92 Å². The molecule has 3 nitrogen and oxygen atoms in total. The van der Waals surface area contributed by atoms with Crippen molar-refractivity contribution in [1.29, 1.82) is 5.26 Å². The lowest BCUT2D eigenvalue weighted by molar-refractivity contribution is -0.119. The zero-order valence-corrected chi connectivity index (χ0v) is 7.98. The first-order valence-corrected chi connectivity index (χ1v) is 4.66. The molecule has 0 radical (unpaired) electrons. The number of hydrogen-bond donors (Lipinski definition) is 0. The van der Waals surface area contributed by atoms with Crippen LogP contribution in [-0.2, 0) is 9.59 Å². The molecule has 0 bridgehead atoms. The van der Waals surface area contributed by atoms with Crippen LogP contribution in [0, 0.1) is 17.2 Å². The molecule has 0 aromatic heterocycles. The second-order valence-electron chi connectivity index (χ2n) is 2.34. The van der Waals surface area contributed by atoms with Gasteiger partial charge in [0.2, 0.25) is 0 Å². The fourth-order valence-electron chi connectivity index (χ4n) is 0.664. The van der Waals surface area contributed by atoms with Crippen molar-refractivity contribution in [3.05, 3.63) is 0 Å². The smallest absolute Gasteiger partial charge is 0.186 e. The maximum atomic E-state index is 11.1. The predicted molar refractivity (Wildman–Crippen MR) is 47.5 cm³/mol. The lowest BCUT2D eigenvalue weighted by atomic mass is 10.1. The molecule has 0 aromatic carbocycles. The Bertz CT molecular complexity index is 220. The van der Waals surface area contributed by atoms with Gasteiger partial charge in [0.15, 0.2) is 10.9 Å². The minimum absolute atomic E-state index is 0.0869. The average Bonchev–Trinajstić information content (AvgIpc) is 2.03. The molecule has 0 fully saturated rings. The highest BCUT2D eigenvalue weighted by atomic mass is 32.2. The van der Waals surface area contributed by atoms with Gasteiger partial charge in [0.05, 0.1) is 11.8 Å². The number of nitrogens with zero attached hydrogens (tertiary/aromatic N) is 1. The summed E-state index contributed by atoms with van der Waals surface area (Å²) >= 11 is 0.959. The number of carbonyl (C=O) groups is 2. The minimum Gasteiger partial charge on any atom is -0.297 e. The van der Waals surface area contributed by atoms with Crippen molar-refractivity contribution in [1.82, 2.24) is 0 Å². The Morgan fingerprint density at radius 3 is 2.50 bits per heavy atom. The lowest BCUT2D eigenvalue weighted by Crippen LogP contribution is -2.14. The van der Waals surface area contributed by atoms with E-state index in [4.69, 9.17) is 5.26 Å². The monoisotopic (exact) mass is 185 g/mol. The molecule has 0 saturated carbocycles. The van der Waals surface area contributed by atoms with E-state index >= 15 is 0 Å². The molecule has 0 amide bonds. The first kappa shape index (κ1) is 11.2. The highest BCUT2D eigenvalue weighted by molar-refractivity contribution is 8.14. The maximum Gasteiger partial charge on any atom is 0.186 e. The first-order chi connectivity index (χ1) is 5.61. The molecular weight excluding hydrogens is 174 g/mol. The van der Waals surface area contributed by atoms with Crippen LogP contribution in [0.15, 0.2) is 0 Å². The van der Waals surface area contributed by atoms with Crippen LogP contribution in [0.2, 0.25) is 0 Å². The van der Waals surface area contributed by atoms with Gasteiger partial charge in [0, 0.05) is 6.92 Å². The summed E-state index contributed by atoms with van der Waals surface area (Å²) in [5.41, 5.74) is 0. The number of carbonyl (C=O) groups excluding carboxylic acids is 2. The Balaban J connectivity index is 3.87. The van der Waals surface area contributed by atoms with E-state index in [-0.39, 0.29) is 16.7 Å². The zero-order chi connectivity index (χ0) is 9.56. The molecule has 0 aromatic rings. The van der Waals surface area contributed by atoms with E-state index in [9.17, 15) is 9.59 Å². The van der Waals surface area contributed by atoms with Crippen molar-refractivity contribution in [2.45, 2.75) is 20.3 Å². The van der Waals surface area contributed by atoms with Gasteiger partial charge in [-0.15, -0.1) is 0 Å². The molecule has 0 aliphatic heterocycles. The number of rotatable bonds is 4. The van der Waals surface area contributed by atoms with Gasteiger partial charge in [0.25, 0.3) is 0 Å². The molecule has 4 heteroatoms. The van der Waals surface area contributed by atoms with Crippen LogP contribution in [0.3, 0.4) is 0 Å². The molecule has 0 rings (SSSR count). The number of ketones is 1. The van der Waals surface area contributed by atoms with Gasteiger partial charge in [-0.2, -0.15) is 5.26 Å². The largest absolute Gasteiger partial charge is 0.297 e. The molecule has 0 N–H and O–H groups in total. The van der Waals surface area contributed by atoms with E-state index in [1.807, 2.05) is 6.07 Å². The van der Waals surface area contributed by atoms with Crippen molar-refractivity contribution < 1.29 is 9.59 Å². The normalized spacial score (nSPS) is 11.8. The van der Waals surface area contributed by atoms with Gasteiger partial charge in [-0.1, -0.05) is 18.7 Å². The molecule has 0 aliphatic rings. The Morgan fingerprint density at radius 2 is 2.17 bits per heavy atom. The predicted octanol–water partition coefficient (Wildman–Crippen LogP) is 1.38. The summed E-state index contributed by atoms with van der Waals surface area (Å²) in [6, 6.07) is 1.90. The van der Waals surface area contributed by atoms with Gasteiger partial charge < -0.3 is 0 Å². The Morgan fingerprint density at radius 1 is 1.58 bits per heavy atom. The third-order valence-corrected chi connectivity index (χ3v) is 2.21. The lowest BCUT2D eigenvalue weighted by Gasteiger charge is -2.01. The Labute approximate surface area is 76.1 Å². The molecule has 12 heavy (non-hydrogen) atoms. The molecule has 0 saturated heterocycles. The fourth-order valence-corrected chi connectivity index (χ4v) is 1.21. The molecule has 1 unspecified atom stereocenters. The van der Waals surface area contributed by atoms with Gasteiger partial charge >= 0.3 is 0 Å². The third-order valence-electron chi connectivity index (χ3n) is 1.37. The Kier molecular flexibility index (Phi) is 5.39. The summed E-state index contributed by atoms with van der Waals surface area (Å²) in [5, 5.41) is 8.41. The van der Waals surface area contributed by atoms with Crippen LogP contribution in [-0.4, -0.2) is 16.7 Å². The topological polar surface area (TPSA) is 57.9 Å². The average molecular weight is 185 g/mol. The van der Waals surface area contributed by atoms with Crippen LogP contribution in [0.1, 0.15) is 20.3 Å². The van der Waals surface area contributed by atoms with Crippen LogP contribution in [0.4, 0.5) is 0 Å². The fraction of sp³-hybridized carbons (Fsp3) is 0.625. The number of nitriles is 1. The molecule has 66 valence electrons. The number of hydrogen-bond acceptors (Lipinski definition) is 4. The highest BCUT2D eigenvalue weighted by Crippen LogP contribution is 2.08. The summed E-state index contributed by atoms with van der Waals surface area (Å²) < 4.78 is 0. The molecular formula is C8H11NO2S. The number of thioether (sulfide) groups is 1. The van der Waals surface area contributed by atoms with Crippen molar-refractivity contribution in [3.8, 4) is 6.07 Å². The van der Waals surface area contributed by atoms with E-state index in [0.717, 1.165) is 11.8 Å². The summed E-state index contributed by atoms with van der Waals surface area (Å²) in [7, 11) is 0. The third kappa shape index (κ3) is 4.14. The van der Waals surface area contributed by atoms with Crippen LogP contribution < -0.4 is 0 Å². The van der Waals surface area contributed by atoms with Gasteiger partial charge in [-0.3, -0.25) is 9.59 Å². The second kappa shape index (κ2) is 5.78. The summed E-state index contributed by atoms with van der Waals surface area (Å²) in [4.78, 5) is 21.6. The minimum atomic E-state index is -0.545. The van der Waals surface area contributed by atoms with Crippen molar-refractivity contribution in [2.75, 3.05) is 5.75 Å². The summed E-state index contributed by atoms with van der Waals surface area (Å²) in [5.74, 6) is -0.571. The van der Waals surface area contributed by atoms with Crippen molar-refractivity contribution in [3.63, 3.8) is 0 Å². The van der Waals surface area contributed by atoms with E-state index in [1.165, 1.54) is 6.92 Å². The first-order valence-electron chi connectivity index (χ1n) is 3.67. The maximum absolute atomic E-state index is 11.1. The molecule has 1 atom stereocenters. The van der Waals surface area contributed by atoms with Gasteiger partial charge in [-0.25, -0.2) is 0 Å². The molecule has 0 heterocycles. The van der Waals surface area contributed by atoms with Crippen molar-refractivity contribution in [2.24, 2.45) is 5.92 Å². The van der Waals surface area contributed by atoms with Crippen LogP contribution in [0.25, 0.3) is 0 Å². The SMILES string of the molecule is CCC(C#N)C(=O)CSC(C)=O. The van der Waals surface area contributed by atoms with E-state index in [2.05, 4.69) is 0 Å². The molecule has 0 spiro atoms. The molecule has 0 aliphatic carbocycles. The quantitative estimate of drug-likeness (QED) is 0.664. The second-order valence-corrected chi connectivity index (χ2v) is 3.49. The van der Waals surface area contributed by atoms with Gasteiger partial charge in [0.1, 0.15) is 5.92 Å². The summed E-state index contributed by atoms with van der Waals surface area (Å²) in [6.07, 6.45) is 0.522.